The van der Waals surface area contributed by atoms with E-state index in [1.165, 1.54) is 10.6 Å². The fourth-order valence-electron chi connectivity index (χ4n) is 2.77. The molecule has 0 aromatic carbocycles. The third-order valence-electron chi connectivity index (χ3n) is 4.45. The summed E-state index contributed by atoms with van der Waals surface area (Å²) in [6.07, 6.45) is 5.39. The molecular weight excluding hydrogens is 254 g/mol. The van der Waals surface area contributed by atoms with E-state index in [-0.39, 0.29) is 11.5 Å². The van der Waals surface area contributed by atoms with Gasteiger partial charge in [0.25, 0.3) is 0 Å². The van der Waals surface area contributed by atoms with Gasteiger partial charge in [-0.3, -0.25) is 9.59 Å². The van der Waals surface area contributed by atoms with Crippen molar-refractivity contribution in [1.29, 1.82) is 0 Å². The molecular formula is C15H23N3O2. The molecule has 1 aliphatic rings. The summed E-state index contributed by atoms with van der Waals surface area (Å²) in [5.41, 5.74) is 5.97. The number of nitrogens with two attached hydrogens (primary N) is 1. The Morgan fingerprint density at radius 2 is 2.10 bits per heavy atom. The molecule has 1 aromatic heterocycles. The topological polar surface area (TPSA) is 77.1 Å². The monoisotopic (exact) mass is 277 g/mol. The van der Waals surface area contributed by atoms with Crippen LogP contribution in [0.15, 0.2) is 23.1 Å². The van der Waals surface area contributed by atoms with Crippen LogP contribution >= 0.6 is 0 Å². The highest BCUT2D eigenvalue weighted by Gasteiger charge is 2.39. The van der Waals surface area contributed by atoms with Gasteiger partial charge in [0.2, 0.25) is 11.5 Å². The van der Waals surface area contributed by atoms with Crippen LogP contribution in [0.2, 0.25) is 0 Å². The van der Waals surface area contributed by atoms with E-state index in [0.29, 0.717) is 18.2 Å². The number of carbonyl (C=O) groups excluding carboxylic acids is 1. The van der Waals surface area contributed by atoms with E-state index in [0.717, 1.165) is 25.7 Å². The molecule has 20 heavy (non-hydrogen) atoms. The van der Waals surface area contributed by atoms with E-state index in [2.05, 4.69) is 12.2 Å². The first-order valence-corrected chi connectivity index (χ1v) is 7.15. The number of aryl methyl sites for hydroxylation is 1. The zero-order valence-corrected chi connectivity index (χ0v) is 12.2. The molecule has 1 aliphatic carbocycles. The summed E-state index contributed by atoms with van der Waals surface area (Å²) < 4.78 is 1.45. The van der Waals surface area contributed by atoms with Gasteiger partial charge >= 0.3 is 0 Å². The first kappa shape index (κ1) is 14.8. The minimum atomic E-state index is -0.457. The van der Waals surface area contributed by atoms with E-state index in [4.69, 9.17) is 5.73 Å². The van der Waals surface area contributed by atoms with E-state index in [1.807, 2.05) is 0 Å². The first-order chi connectivity index (χ1) is 9.47. The molecule has 5 nitrogen and oxygen atoms in total. The molecule has 3 N–H and O–H groups in total. The van der Waals surface area contributed by atoms with Crippen molar-refractivity contribution in [3.8, 4) is 0 Å². The number of amides is 1. The standard InChI is InChI=1S/C15H23N3O2/c1-11-5-7-15(10-16,8-6-11)14(20)17-12-3-4-13(19)18(2)9-12/h3-4,9,11H,5-8,10,16H2,1-2H3,(H,17,20). The van der Waals surface area contributed by atoms with Gasteiger partial charge in [-0.05, 0) is 37.7 Å². The summed E-state index contributed by atoms with van der Waals surface area (Å²) in [5.74, 6) is 0.644. The molecule has 2 rings (SSSR count). The number of nitrogens with one attached hydrogen (secondary N) is 1. The Balaban J connectivity index is 2.13. The first-order valence-electron chi connectivity index (χ1n) is 7.15. The summed E-state index contributed by atoms with van der Waals surface area (Å²) >= 11 is 0. The van der Waals surface area contributed by atoms with Crippen molar-refractivity contribution >= 4 is 11.6 Å². The molecule has 1 amide bonds. The van der Waals surface area contributed by atoms with Crippen LogP contribution in [0.3, 0.4) is 0 Å². The second kappa shape index (κ2) is 5.79. The van der Waals surface area contributed by atoms with Gasteiger partial charge in [-0.1, -0.05) is 6.92 Å². The number of rotatable bonds is 3. The number of pyridine rings is 1. The Hall–Kier alpha value is -1.62. The highest BCUT2D eigenvalue weighted by atomic mass is 16.2. The number of anilines is 1. The Bertz CT molecular complexity index is 542. The SMILES string of the molecule is CC1CCC(CN)(C(=O)Nc2ccc(=O)n(C)c2)CC1. The zero-order valence-electron chi connectivity index (χ0n) is 12.2. The predicted molar refractivity (Wildman–Crippen MR) is 79.4 cm³/mol. The average Bonchev–Trinajstić information content (AvgIpc) is 2.44. The zero-order chi connectivity index (χ0) is 14.8. The molecule has 1 fully saturated rings. The van der Waals surface area contributed by atoms with Crippen LogP contribution in [-0.2, 0) is 11.8 Å². The van der Waals surface area contributed by atoms with Crippen LogP contribution in [-0.4, -0.2) is 17.0 Å². The lowest BCUT2D eigenvalue weighted by atomic mass is 9.70. The molecule has 110 valence electrons. The smallest absolute Gasteiger partial charge is 0.250 e. The van der Waals surface area contributed by atoms with Crippen molar-refractivity contribution in [1.82, 2.24) is 4.57 Å². The van der Waals surface area contributed by atoms with Crippen LogP contribution in [0, 0.1) is 11.3 Å². The summed E-state index contributed by atoms with van der Waals surface area (Å²) in [7, 11) is 1.67. The number of hydrogen-bond acceptors (Lipinski definition) is 3. The lowest BCUT2D eigenvalue weighted by molar-refractivity contribution is -0.127. The van der Waals surface area contributed by atoms with Gasteiger partial charge in [0.05, 0.1) is 11.1 Å². The molecule has 0 radical (unpaired) electrons. The third kappa shape index (κ3) is 2.93. The van der Waals surface area contributed by atoms with Gasteiger partial charge in [0.15, 0.2) is 0 Å². The van der Waals surface area contributed by atoms with Crippen molar-refractivity contribution in [2.75, 3.05) is 11.9 Å². The summed E-state index contributed by atoms with van der Waals surface area (Å²) in [4.78, 5) is 23.9. The highest BCUT2D eigenvalue weighted by Crippen LogP contribution is 2.38. The number of carbonyl (C=O) groups is 1. The van der Waals surface area contributed by atoms with Gasteiger partial charge in [-0.15, -0.1) is 0 Å². The van der Waals surface area contributed by atoms with Crippen LogP contribution < -0.4 is 16.6 Å². The van der Waals surface area contributed by atoms with Gasteiger partial charge in [0.1, 0.15) is 0 Å². The van der Waals surface area contributed by atoms with Crippen molar-refractivity contribution in [2.24, 2.45) is 24.1 Å². The molecule has 1 heterocycles. The molecule has 1 aromatic rings. The number of aromatic nitrogens is 1. The number of nitrogens with zero attached hydrogens (tertiary/aromatic N) is 1. The minimum Gasteiger partial charge on any atom is -0.329 e. The van der Waals surface area contributed by atoms with E-state index >= 15 is 0 Å². The molecule has 0 saturated heterocycles. The molecule has 0 bridgehead atoms. The number of hydrogen-bond donors (Lipinski definition) is 2. The maximum Gasteiger partial charge on any atom is 0.250 e. The maximum absolute atomic E-state index is 12.5. The van der Waals surface area contributed by atoms with E-state index in [1.54, 1.807) is 19.3 Å². The van der Waals surface area contributed by atoms with Crippen molar-refractivity contribution in [2.45, 2.75) is 32.6 Å². The molecule has 0 unspecified atom stereocenters. The summed E-state index contributed by atoms with van der Waals surface area (Å²) in [5, 5.41) is 2.91. The largest absolute Gasteiger partial charge is 0.329 e. The lowest BCUT2D eigenvalue weighted by Gasteiger charge is -2.37. The maximum atomic E-state index is 12.5. The van der Waals surface area contributed by atoms with Crippen molar-refractivity contribution < 1.29 is 4.79 Å². The second-order valence-corrected chi connectivity index (χ2v) is 5.99. The predicted octanol–water partition coefficient (Wildman–Crippen LogP) is 1.48. The van der Waals surface area contributed by atoms with Crippen LogP contribution in [0.5, 0.6) is 0 Å². The van der Waals surface area contributed by atoms with Crippen LogP contribution in [0.4, 0.5) is 5.69 Å². The van der Waals surface area contributed by atoms with Gasteiger partial charge in [0, 0.05) is 25.9 Å². The molecule has 0 atom stereocenters. The normalized spacial score (nSPS) is 26.2. The summed E-state index contributed by atoms with van der Waals surface area (Å²) in [6, 6.07) is 3.09. The Kier molecular flexibility index (Phi) is 4.28. The summed E-state index contributed by atoms with van der Waals surface area (Å²) in [6.45, 7) is 2.59. The van der Waals surface area contributed by atoms with Crippen molar-refractivity contribution in [3.05, 3.63) is 28.7 Å². The Morgan fingerprint density at radius 3 is 2.65 bits per heavy atom. The average molecular weight is 277 g/mol. The van der Waals surface area contributed by atoms with Crippen molar-refractivity contribution in [3.63, 3.8) is 0 Å². The second-order valence-electron chi connectivity index (χ2n) is 5.99. The van der Waals surface area contributed by atoms with Crippen LogP contribution in [0.1, 0.15) is 32.6 Å². The van der Waals surface area contributed by atoms with Gasteiger partial charge in [-0.25, -0.2) is 0 Å². The Labute approximate surface area is 119 Å². The van der Waals surface area contributed by atoms with E-state index in [9.17, 15) is 9.59 Å². The van der Waals surface area contributed by atoms with Gasteiger partial charge in [-0.2, -0.15) is 0 Å². The van der Waals surface area contributed by atoms with Crippen LogP contribution in [0.25, 0.3) is 0 Å². The fraction of sp³-hybridized carbons (Fsp3) is 0.600. The molecule has 5 heteroatoms. The molecule has 0 aliphatic heterocycles. The molecule has 0 spiro atoms. The minimum absolute atomic E-state index is 0.0226. The van der Waals surface area contributed by atoms with E-state index < -0.39 is 5.41 Å². The quantitative estimate of drug-likeness (QED) is 0.878. The lowest BCUT2D eigenvalue weighted by Crippen LogP contribution is -2.44. The highest BCUT2D eigenvalue weighted by molar-refractivity contribution is 5.95. The van der Waals surface area contributed by atoms with Gasteiger partial charge < -0.3 is 15.6 Å². The third-order valence-corrected chi connectivity index (χ3v) is 4.45. The molecule has 1 saturated carbocycles. The Morgan fingerprint density at radius 1 is 1.45 bits per heavy atom. The fourth-order valence-corrected chi connectivity index (χ4v) is 2.77.